The SMILES string of the molecule is [2H]c1c([2H])c([2H])c(-c2c([2H])c([2H])c([2H])c([2H])c2N(c2ccc3c(c2)C(c2ccccc2)(c2ccccc2)c2ccccc2-3)c2c([2H])c([2H])c(-c3ccc4sc5ccccc5c4c3)c([2H])c2[2H])c([2H])c1[2H]. The fraction of sp³-hybridized carbons (Fsp3) is 0.0182. The van der Waals surface area contributed by atoms with Crippen molar-refractivity contribution in [3.05, 3.63) is 246 Å². The van der Waals surface area contributed by atoms with Crippen LogP contribution in [0.15, 0.2) is 224 Å². The second-order valence-electron chi connectivity index (χ2n) is 13.8. The summed E-state index contributed by atoms with van der Waals surface area (Å²) in [6.07, 6.45) is 0. The standard InChI is InChI=1S/C55H37NS/c1-4-16-39(17-5-1)45-22-11-14-26-52(45)56(43-31-28-38(29-32-43)40-30-35-54-49(36-40)48-24-12-15-27-53(48)57-54)44-33-34-47-46-23-10-13-25-50(46)55(51(47)37-44,41-18-6-2-7-19-41)42-20-8-3-9-21-42/h1-37H/i1D,4D,5D,11D,14D,16D,17D,22D,26D,28D,29D,31D,32D. The Hall–Kier alpha value is -7.00. The van der Waals surface area contributed by atoms with Crippen molar-refractivity contribution in [3.8, 4) is 33.4 Å². The van der Waals surface area contributed by atoms with E-state index >= 15 is 0 Å². The summed E-state index contributed by atoms with van der Waals surface area (Å²) >= 11 is 1.59. The number of hydrogen-bond donors (Lipinski definition) is 0. The molecule has 0 aliphatic heterocycles. The van der Waals surface area contributed by atoms with Crippen molar-refractivity contribution in [2.75, 3.05) is 4.90 Å². The summed E-state index contributed by atoms with van der Waals surface area (Å²) in [6, 6.07) is 38.0. The van der Waals surface area contributed by atoms with Crippen LogP contribution in [0.4, 0.5) is 17.1 Å². The van der Waals surface area contributed by atoms with Gasteiger partial charge in [0.25, 0.3) is 0 Å². The summed E-state index contributed by atoms with van der Waals surface area (Å²) < 4.78 is 122. The van der Waals surface area contributed by atoms with Gasteiger partial charge in [0.05, 0.1) is 28.9 Å². The molecule has 1 aromatic heterocycles. The lowest BCUT2D eigenvalue weighted by Gasteiger charge is -2.35. The van der Waals surface area contributed by atoms with Crippen LogP contribution < -0.4 is 4.90 Å². The smallest absolute Gasteiger partial charge is 0.0714 e. The number of benzene rings is 9. The maximum absolute atomic E-state index is 9.92. The molecule has 1 heterocycles. The van der Waals surface area contributed by atoms with E-state index < -0.39 is 101 Å². The lowest BCUT2D eigenvalue weighted by Crippen LogP contribution is -2.28. The molecule has 0 saturated carbocycles. The van der Waals surface area contributed by atoms with E-state index in [0.717, 1.165) is 53.6 Å². The van der Waals surface area contributed by atoms with E-state index in [1.54, 1.807) is 23.5 Å². The Morgan fingerprint density at radius 2 is 1.05 bits per heavy atom. The molecule has 2 heteroatoms. The van der Waals surface area contributed by atoms with Crippen LogP contribution in [0, 0.1) is 0 Å². The Kier molecular flexibility index (Phi) is 5.39. The van der Waals surface area contributed by atoms with E-state index in [9.17, 15) is 8.22 Å². The molecule has 57 heavy (non-hydrogen) atoms. The van der Waals surface area contributed by atoms with Crippen LogP contribution in [0.25, 0.3) is 53.6 Å². The maximum atomic E-state index is 9.92. The van der Waals surface area contributed by atoms with Gasteiger partial charge in [0.2, 0.25) is 0 Å². The zero-order valence-corrected chi connectivity index (χ0v) is 31.0. The normalized spacial score (nSPS) is 15.9. The fourth-order valence-electron chi connectivity index (χ4n) is 8.41. The van der Waals surface area contributed by atoms with Crippen molar-refractivity contribution < 1.29 is 17.8 Å². The zero-order valence-electron chi connectivity index (χ0n) is 43.2. The summed E-state index contributed by atoms with van der Waals surface area (Å²) in [5, 5.41) is 1.85. The van der Waals surface area contributed by atoms with Crippen LogP contribution in [0.3, 0.4) is 0 Å². The lowest BCUT2D eigenvalue weighted by atomic mass is 9.67. The molecule has 1 aliphatic rings. The molecular weight excluding hydrogens is 707 g/mol. The van der Waals surface area contributed by atoms with Crippen molar-refractivity contribution in [1.82, 2.24) is 0 Å². The minimum absolute atomic E-state index is 0.00765. The van der Waals surface area contributed by atoms with Crippen LogP contribution in [-0.2, 0) is 5.41 Å². The highest BCUT2D eigenvalue weighted by Crippen LogP contribution is 2.57. The van der Waals surface area contributed by atoms with Gasteiger partial charge in [-0.3, -0.25) is 0 Å². The molecule has 0 spiro atoms. The van der Waals surface area contributed by atoms with E-state index in [4.69, 9.17) is 9.60 Å². The minimum atomic E-state index is -0.995. The third-order valence-corrected chi connectivity index (χ3v) is 12.0. The summed E-state index contributed by atoms with van der Waals surface area (Å²) in [6.45, 7) is 0. The van der Waals surface area contributed by atoms with Gasteiger partial charge in [-0.15, -0.1) is 11.3 Å². The predicted molar refractivity (Wildman–Crippen MR) is 242 cm³/mol. The molecule has 0 bridgehead atoms. The number of anilines is 3. The average molecular weight is 757 g/mol. The molecule has 268 valence electrons. The van der Waals surface area contributed by atoms with Gasteiger partial charge in [-0.1, -0.05) is 176 Å². The first-order chi connectivity index (χ1) is 33.7. The second kappa shape index (κ2) is 13.6. The third-order valence-electron chi connectivity index (χ3n) is 10.8. The number of hydrogen-bond acceptors (Lipinski definition) is 2. The van der Waals surface area contributed by atoms with Gasteiger partial charge in [-0.25, -0.2) is 0 Å². The van der Waals surface area contributed by atoms with Crippen molar-refractivity contribution in [3.63, 3.8) is 0 Å². The second-order valence-corrected chi connectivity index (χ2v) is 14.9. The minimum Gasteiger partial charge on any atom is -0.310 e. The van der Waals surface area contributed by atoms with E-state index in [-0.39, 0.29) is 16.9 Å². The molecular formula is C55H37NS. The van der Waals surface area contributed by atoms with Gasteiger partial charge in [-0.05, 0) is 98.5 Å². The number of fused-ring (bicyclic) bond motifs is 6. The maximum Gasteiger partial charge on any atom is 0.0714 e. The first-order valence-electron chi connectivity index (χ1n) is 25.0. The Morgan fingerprint density at radius 1 is 0.404 bits per heavy atom. The van der Waals surface area contributed by atoms with Gasteiger partial charge in [-0.2, -0.15) is 0 Å². The number of nitrogens with zero attached hydrogens (tertiary/aromatic N) is 1. The molecule has 1 nitrogen and oxygen atoms in total. The molecule has 0 atom stereocenters. The Morgan fingerprint density at radius 3 is 1.84 bits per heavy atom. The first kappa shape index (κ1) is 22.5. The van der Waals surface area contributed by atoms with Gasteiger partial charge in [0.15, 0.2) is 0 Å². The van der Waals surface area contributed by atoms with Crippen LogP contribution >= 0.6 is 11.3 Å². The summed E-state index contributed by atoms with van der Waals surface area (Å²) in [4.78, 5) is 1.25. The van der Waals surface area contributed by atoms with Crippen LogP contribution in [0.5, 0.6) is 0 Å². The highest BCUT2D eigenvalue weighted by Gasteiger charge is 2.46. The highest BCUT2D eigenvalue weighted by molar-refractivity contribution is 7.25. The van der Waals surface area contributed by atoms with Gasteiger partial charge in [0.1, 0.15) is 0 Å². The summed E-state index contributed by atoms with van der Waals surface area (Å²) in [7, 11) is 0. The Balaban J connectivity index is 1.27. The van der Waals surface area contributed by atoms with Gasteiger partial charge in [0, 0.05) is 37.1 Å². The van der Waals surface area contributed by atoms with Crippen LogP contribution in [0.1, 0.15) is 40.1 Å². The Labute approximate surface area is 355 Å². The summed E-state index contributed by atoms with van der Waals surface area (Å²) in [5.74, 6) is 0. The highest BCUT2D eigenvalue weighted by atomic mass is 32.1. The van der Waals surface area contributed by atoms with E-state index in [1.807, 2.05) is 127 Å². The number of para-hydroxylation sites is 1. The molecule has 11 rings (SSSR count). The molecule has 10 aromatic rings. The third kappa shape index (κ3) is 5.37. The van der Waals surface area contributed by atoms with Gasteiger partial charge >= 0.3 is 0 Å². The molecule has 0 saturated heterocycles. The molecule has 9 aromatic carbocycles. The van der Waals surface area contributed by atoms with Crippen molar-refractivity contribution in [1.29, 1.82) is 0 Å². The number of thiophene rings is 1. The summed E-state index contributed by atoms with van der Waals surface area (Å²) in [5.41, 5.74) is 3.01. The fourth-order valence-corrected chi connectivity index (χ4v) is 9.50. The van der Waals surface area contributed by atoms with Crippen molar-refractivity contribution in [2.24, 2.45) is 0 Å². The molecule has 0 fully saturated rings. The van der Waals surface area contributed by atoms with E-state index in [1.165, 1.54) is 4.90 Å². The number of rotatable bonds is 7. The predicted octanol–water partition coefficient (Wildman–Crippen LogP) is 15.2. The average Bonchev–Trinajstić information content (AvgIpc) is 3.91. The topological polar surface area (TPSA) is 3.24 Å². The molecule has 0 N–H and O–H groups in total. The molecule has 1 aliphatic carbocycles. The monoisotopic (exact) mass is 756 g/mol. The molecule has 0 amide bonds. The largest absolute Gasteiger partial charge is 0.310 e. The Bertz CT molecular complexity index is 3740. The van der Waals surface area contributed by atoms with Gasteiger partial charge < -0.3 is 4.90 Å². The molecule has 0 unspecified atom stereocenters. The molecule has 0 radical (unpaired) electrons. The first-order valence-corrected chi connectivity index (χ1v) is 19.3. The lowest BCUT2D eigenvalue weighted by molar-refractivity contribution is 0.768. The zero-order chi connectivity index (χ0) is 49.1. The van der Waals surface area contributed by atoms with E-state index in [0.29, 0.717) is 5.56 Å². The van der Waals surface area contributed by atoms with Crippen molar-refractivity contribution >= 4 is 48.6 Å². The van der Waals surface area contributed by atoms with E-state index in [2.05, 4.69) is 6.07 Å². The van der Waals surface area contributed by atoms with Crippen molar-refractivity contribution in [2.45, 2.75) is 5.41 Å². The van der Waals surface area contributed by atoms with Crippen LogP contribution in [-0.4, -0.2) is 0 Å². The quantitative estimate of drug-likeness (QED) is 0.157. The van der Waals surface area contributed by atoms with Crippen LogP contribution in [0.2, 0.25) is 0 Å².